The van der Waals surface area contributed by atoms with E-state index in [1.165, 1.54) is 0 Å². The van der Waals surface area contributed by atoms with E-state index in [0.29, 0.717) is 13.2 Å². The van der Waals surface area contributed by atoms with Gasteiger partial charge in [-0.25, -0.2) is 0 Å². The molecular formula is C24H24N2O4. The Morgan fingerprint density at radius 3 is 2.70 bits per heavy atom. The van der Waals surface area contributed by atoms with Crippen molar-refractivity contribution >= 4 is 23.1 Å². The number of hydrogen-bond donors (Lipinski definition) is 0. The van der Waals surface area contributed by atoms with Gasteiger partial charge in [-0.1, -0.05) is 36.4 Å². The van der Waals surface area contributed by atoms with Crippen molar-refractivity contribution in [1.29, 1.82) is 0 Å². The number of rotatable bonds is 7. The lowest BCUT2D eigenvalue weighted by Gasteiger charge is -2.17. The van der Waals surface area contributed by atoms with Crippen LogP contribution in [0.15, 0.2) is 71.0 Å². The highest BCUT2D eigenvalue weighted by atomic mass is 16.5. The van der Waals surface area contributed by atoms with Crippen molar-refractivity contribution in [3.8, 4) is 0 Å². The van der Waals surface area contributed by atoms with Crippen molar-refractivity contribution in [2.24, 2.45) is 0 Å². The van der Waals surface area contributed by atoms with Crippen LogP contribution in [0, 0.1) is 0 Å². The Morgan fingerprint density at radius 2 is 1.93 bits per heavy atom. The molecule has 0 bridgehead atoms. The lowest BCUT2D eigenvalue weighted by molar-refractivity contribution is -0.674. The highest BCUT2D eigenvalue weighted by Gasteiger charge is 2.19. The maximum absolute atomic E-state index is 10.7. The second kappa shape index (κ2) is 8.86. The summed E-state index contributed by atoms with van der Waals surface area (Å²) in [5.74, 6) is 0.536. The molecule has 0 N–H and O–H groups in total. The van der Waals surface area contributed by atoms with E-state index in [1.54, 1.807) is 0 Å². The molecule has 154 valence electrons. The number of carbonyl (C=O) groups is 1. The van der Waals surface area contributed by atoms with E-state index in [4.69, 9.17) is 9.15 Å². The number of carbonyl (C=O) groups excluding carboxylic acids is 1. The topological polar surface area (TPSA) is 69.6 Å². The molecule has 30 heavy (non-hydrogen) atoms. The molecular weight excluding hydrogens is 380 g/mol. The minimum Gasteiger partial charge on any atom is -0.550 e. The molecule has 3 aromatic rings. The number of ether oxygens (including phenoxy) is 1. The Labute approximate surface area is 175 Å². The highest BCUT2D eigenvalue weighted by molar-refractivity contribution is 5.69. The Hall–Kier alpha value is -3.54. The van der Waals surface area contributed by atoms with Crippen LogP contribution in [0.4, 0.5) is 0 Å². The summed E-state index contributed by atoms with van der Waals surface area (Å²) in [5.41, 5.74) is 3.78. The number of nitrogens with zero attached hydrogens (tertiary/aromatic N) is 2. The van der Waals surface area contributed by atoms with Crippen molar-refractivity contribution in [2.45, 2.75) is 26.4 Å². The van der Waals surface area contributed by atoms with E-state index < -0.39 is 5.97 Å². The van der Waals surface area contributed by atoms with Gasteiger partial charge >= 0.3 is 5.89 Å². The molecule has 4 rings (SSSR count). The number of carboxylic acids is 1. The summed E-state index contributed by atoms with van der Waals surface area (Å²) in [6.45, 7) is 5.06. The first-order valence-electron chi connectivity index (χ1n) is 10.1. The number of para-hydroxylation sites is 2. The first kappa shape index (κ1) is 19.8. The van der Waals surface area contributed by atoms with Crippen LogP contribution >= 0.6 is 0 Å². The van der Waals surface area contributed by atoms with Gasteiger partial charge in [0, 0.05) is 25.0 Å². The van der Waals surface area contributed by atoms with Gasteiger partial charge in [-0.2, -0.15) is 4.57 Å². The second-order valence-electron chi connectivity index (χ2n) is 7.15. The van der Waals surface area contributed by atoms with Crippen LogP contribution in [0.25, 0.3) is 17.2 Å². The van der Waals surface area contributed by atoms with Crippen molar-refractivity contribution in [3.05, 3.63) is 83.6 Å². The van der Waals surface area contributed by atoms with Crippen LogP contribution in [0.2, 0.25) is 0 Å². The predicted molar refractivity (Wildman–Crippen MR) is 111 cm³/mol. The van der Waals surface area contributed by atoms with Crippen LogP contribution in [0.5, 0.6) is 0 Å². The highest BCUT2D eigenvalue weighted by Crippen LogP contribution is 2.19. The zero-order valence-electron chi connectivity index (χ0n) is 16.9. The molecule has 2 heterocycles. The summed E-state index contributed by atoms with van der Waals surface area (Å²) >= 11 is 0. The third-order valence-corrected chi connectivity index (χ3v) is 5.10. The summed E-state index contributed by atoms with van der Waals surface area (Å²) < 4.78 is 13.9. The van der Waals surface area contributed by atoms with Crippen LogP contribution < -0.4 is 9.67 Å². The molecule has 6 heteroatoms. The number of aryl methyl sites for hydroxylation is 1. The van der Waals surface area contributed by atoms with Crippen molar-refractivity contribution in [1.82, 2.24) is 4.90 Å². The summed E-state index contributed by atoms with van der Waals surface area (Å²) in [5, 5.41) is 10.7. The monoisotopic (exact) mass is 404 g/mol. The van der Waals surface area contributed by atoms with Gasteiger partial charge in [0.25, 0.3) is 5.52 Å². The largest absolute Gasteiger partial charge is 0.550 e. The number of carboxylic acid groups (broad SMARTS) is 1. The zero-order valence-corrected chi connectivity index (χ0v) is 16.9. The molecule has 6 nitrogen and oxygen atoms in total. The molecule has 0 radical (unpaired) electrons. The van der Waals surface area contributed by atoms with Crippen molar-refractivity contribution < 1.29 is 23.6 Å². The summed E-state index contributed by atoms with van der Waals surface area (Å²) in [6.07, 6.45) is 5.78. The van der Waals surface area contributed by atoms with Crippen LogP contribution in [0.1, 0.15) is 23.9 Å². The number of hydrogen-bond acceptors (Lipinski definition) is 5. The number of fused-ring (bicyclic) bond motifs is 1. The van der Waals surface area contributed by atoms with E-state index in [1.807, 2.05) is 60.7 Å². The number of oxazole rings is 1. The first-order chi connectivity index (χ1) is 14.6. The minimum absolute atomic E-state index is 0.0669. The molecule has 0 amide bonds. The second-order valence-corrected chi connectivity index (χ2v) is 7.15. The van der Waals surface area contributed by atoms with Crippen molar-refractivity contribution in [3.63, 3.8) is 0 Å². The van der Waals surface area contributed by atoms with Crippen molar-refractivity contribution in [2.75, 3.05) is 13.2 Å². The average Bonchev–Trinajstić information content (AvgIpc) is 3.32. The Bertz CT molecular complexity index is 1100. The molecule has 1 aliphatic heterocycles. The Balaban J connectivity index is 1.46. The Morgan fingerprint density at radius 1 is 1.17 bits per heavy atom. The van der Waals surface area contributed by atoms with Gasteiger partial charge in [-0.15, -0.1) is 0 Å². The Kier molecular flexibility index (Phi) is 5.84. The summed E-state index contributed by atoms with van der Waals surface area (Å²) in [6, 6.07) is 15.6. The van der Waals surface area contributed by atoms with Gasteiger partial charge in [-0.05, 0) is 36.3 Å². The summed E-state index contributed by atoms with van der Waals surface area (Å²) in [7, 11) is 0. The van der Waals surface area contributed by atoms with E-state index in [0.717, 1.165) is 47.1 Å². The van der Waals surface area contributed by atoms with Gasteiger partial charge in [-0.3, -0.25) is 0 Å². The molecule has 0 spiro atoms. The fraction of sp³-hybridized carbons (Fsp3) is 0.250. The third-order valence-electron chi connectivity index (χ3n) is 5.10. The van der Waals surface area contributed by atoms with Gasteiger partial charge < -0.3 is 24.0 Å². The maximum Gasteiger partial charge on any atom is 0.374 e. The quantitative estimate of drug-likeness (QED) is 0.566. The fourth-order valence-corrected chi connectivity index (χ4v) is 3.64. The van der Waals surface area contributed by atoms with Gasteiger partial charge in [0.15, 0.2) is 5.88 Å². The lowest BCUT2D eigenvalue weighted by atomic mass is 10.1. The molecule has 0 unspecified atom stereocenters. The zero-order chi connectivity index (χ0) is 20.9. The molecule has 0 atom stereocenters. The number of allylic oxidation sites excluding steroid dienone is 2. The van der Waals surface area contributed by atoms with Crippen LogP contribution in [-0.2, 0) is 29.0 Å². The normalized spacial score (nSPS) is 15.4. The minimum atomic E-state index is -1.07. The molecule has 0 aliphatic carbocycles. The fourth-order valence-electron chi connectivity index (χ4n) is 3.64. The summed E-state index contributed by atoms with van der Waals surface area (Å²) in [4.78, 5) is 12.9. The molecule has 1 aromatic heterocycles. The standard InChI is InChI=1S/C24H24N2O4/c1-2-26-20-6-3-4-7-21(20)30-23(26)9-5-8-22-25(14-15-29-22)17-19-12-10-18(11-13-19)16-24(27)28/h3-13H,2,14-17H2,1H3. The molecule has 1 fully saturated rings. The number of aromatic nitrogens is 1. The molecule has 2 aromatic carbocycles. The molecule has 0 saturated carbocycles. The van der Waals surface area contributed by atoms with Gasteiger partial charge in [0.05, 0.1) is 12.6 Å². The smallest absolute Gasteiger partial charge is 0.374 e. The van der Waals surface area contributed by atoms with Crippen LogP contribution in [0.3, 0.4) is 0 Å². The van der Waals surface area contributed by atoms with Gasteiger partial charge in [0.2, 0.25) is 5.58 Å². The predicted octanol–water partition coefficient (Wildman–Crippen LogP) is 2.42. The van der Waals surface area contributed by atoms with E-state index in [-0.39, 0.29) is 6.42 Å². The number of benzene rings is 2. The first-order valence-corrected chi connectivity index (χ1v) is 10.1. The molecule has 1 saturated heterocycles. The van der Waals surface area contributed by atoms with Crippen LogP contribution in [-0.4, -0.2) is 24.0 Å². The molecule has 1 aliphatic rings. The van der Waals surface area contributed by atoms with Gasteiger partial charge in [0.1, 0.15) is 13.2 Å². The van der Waals surface area contributed by atoms with E-state index in [2.05, 4.69) is 22.5 Å². The van der Waals surface area contributed by atoms with E-state index >= 15 is 0 Å². The third kappa shape index (κ3) is 4.38. The maximum atomic E-state index is 10.7. The average molecular weight is 404 g/mol. The lowest BCUT2D eigenvalue weighted by Crippen LogP contribution is -2.33. The number of aliphatic carboxylic acids is 1. The van der Waals surface area contributed by atoms with E-state index in [9.17, 15) is 9.90 Å². The SMILES string of the molecule is CC[n+]1c(/C=C/C=C2/OCCN2Cc2ccc(CC(=O)[O-])cc2)oc2ccccc21.